The molecule has 0 radical (unpaired) electrons. The van der Waals surface area contributed by atoms with E-state index < -0.39 is 22.0 Å². The topological polar surface area (TPSA) is 82.8 Å². The fourth-order valence-electron chi connectivity index (χ4n) is 0.764. The van der Waals surface area contributed by atoms with Crippen LogP contribution in [-0.4, -0.2) is 20.4 Å². The third kappa shape index (κ3) is 2.16. The van der Waals surface area contributed by atoms with Gasteiger partial charge in [-0.2, -0.15) is 0 Å². The second kappa shape index (κ2) is 3.48. The molecule has 0 aliphatic carbocycles. The zero-order valence-corrected chi connectivity index (χ0v) is 7.23. The predicted octanol–water partition coefficient (Wildman–Crippen LogP) is -1.06. The lowest BCUT2D eigenvalue weighted by Gasteiger charge is -1.93. The van der Waals surface area contributed by atoms with E-state index >= 15 is 0 Å². The van der Waals surface area contributed by atoms with E-state index in [0.717, 1.165) is 0 Å². The van der Waals surface area contributed by atoms with Crippen LogP contribution in [-0.2, 0) is 16.6 Å². The van der Waals surface area contributed by atoms with Crippen molar-refractivity contribution in [2.75, 3.05) is 6.26 Å². The van der Waals surface area contributed by atoms with Crippen LogP contribution in [0.1, 0.15) is 5.56 Å². The minimum absolute atomic E-state index is 0.159. The number of rotatable bonds is 2. The zero-order chi connectivity index (χ0) is 9.14. The van der Waals surface area contributed by atoms with Gasteiger partial charge in [-0.1, -0.05) is 0 Å². The van der Waals surface area contributed by atoms with Crippen LogP contribution >= 0.6 is 0 Å². The molecule has 0 saturated carbocycles. The van der Waals surface area contributed by atoms with E-state index in [1.54, 1.807) is 0 Å². The molecule has 0 saturated heterocycles. The van der Waals surface area contributed by atoms with Gasteiger partial charge in [0.2, 0.25) is 0 Å². The van der Waals surface area contributed by atoms with Gasteiger partial charge in [0.05, 0.1) is 5.75 Å². The maximum atomic E-state index is 11.0. The van der Waals surface area contributed by atoms with Gasteiger partial charge in [0.15, 0.2) is 0 Å². The highest BCUT2D eigenvalue weighted by Crippen LogP contribution is 1.89. The van der Waals surface area contributed by atoms with Crippen molar-refractivity contribution in [3.05, 3.63) is 32.6 Å². The van der Waals surface area contributed by atoms with Gasteiger partial charge in [0.1, 0.15) is 0 Å². The summed E-state index contributed by atoms with van der Waals surface area (Å²) < 4.78 is 10.7. The first-order valence-electron chi connectivity index (χ1n) is 3.20. The maximum absolute atomic E-state index is 11.0. The average molecular weight is 188 g/mol. The van der Waals surface area contributed by atoms with E-state index in [1.807, 2.05) is 4.98 Å². The van der Waals surface area contributed by atoms with Gasteiger partial charge in [-0.15, -0.1) is 0 Å². The Morgan fingerprint density at radius 2 is 2.17 bits per heavy atom. The molecule has 0 aliphatic rings. The van der Waals surface area contributed by atoms with E-state index in [2.05, 4.69) is 4.98 Å². The minimum Gasteiger partial charge on any atom is -0.314 e. The molecule has 0 bridgehead atoms. The first-order chi connectivity index (χ1) is 5.59. The Morgan fingerprint density at radius 3 is 2.67 bits per heavy atom. The van der Waals surface area contributed by atoms with Gasteiger partial charge in [0.25, 0.3) is 5.56 Å². The van der Waals surface area contributed by atoms with E-state index in [9.17, 15) is 13.8 Å². The molecule has 1 heterocycles. The van der Waals surface area contributed by atoms with Gasteiger partial charge in [-0.05, 0) is 0 Å². The Morgan fingerprint density at radius 1 is 1.50 bits per heavy atom. The van der Waals surface area contributed by atoms with Gasteiger partial charge >= 0.3 is 5.69 Å². The molecule has 0 aliphatic heterocycles. The Balaban J connectivity index is 3.10. The summed E-state index contributed by atoms with van der Waals surface area (Å²) in [6, 6.07) is 0. The van der Waals surface area contributed by atoms with E-state index in [1.165, 1.54) is 12.5 Å². The minimum atomic E-state index is -1.08. The van der Waals surface area contributed by atoms with Gasteiger partial charge in [-0.3, -0.25) is 14.0 Å². The van der Waals surface area contributed by atoms with Gasteiger partial charge < -0.3 is 4.98 Å². The normalized spacial score (nSPS) is 12.8. The van der Waals surface area contributed by atoms with Crippen molar-refractivity contribution < 1.29 is 4.21 Å². The average Bonchev–Trinajstić information content (AvgIpc) is 1.94. The van der Waals surface area contributed by atoms with Crippen LogP contribution < -0.4 is 11.2 Å². The SMILES string of the molecule is CS(=O)Cc1c[nH]c(=O)[nH]c1=O. The molecule has 6 heteroatoms. The predicted molar refractivity (Wildman–Crippen MR) is 45.5 cm³/mol. The van der Waals surface area contributed by atoms with Gasteiger partial charge in [-0.25, -0.2) is 4.79 Å². The summed E-state index contributed by atoms with van der Waals surface area (Å²) in [7, 11) is -1.08. The zero-order valence-electron chi connectivity index (χ0n) is 6.42. The molecule has 0 fully saturated rings. The Hall–Kier alpha value is -1.17. The monoisotopic (exact) mass is 188 g/mol. The molecular formula is C6H8N2O3S. The Bertz CT molecular complexity index is 406. The van der Waals surface area contributed by atoms with Crippen molar-refractivity contribution in [1.82, 2.24) is 9.97 Å². The van der Waals surface area contributed by atoms with Crippen LogP contribution in [0.4, 0.5) is 0 Å². The molecule has 5 nitrogen and oxygen atoms in total. The summed E-state index contributed by atoms with van der Waals surface area (Å²) in [6.07, 6.45) is 2.77. The summed E-state index contributed by atoms with van der Waals surface area (Å²) >= 11 is 0. The molecule has 1 rings (SSSR count). The highest BCUT2D eigenvalue weighted by Gasteiger charge is 2.01. The molecule has 1 unspecified atom stereocenters. The quantitative estimate of drug-likeness (QED) is 0.620. The van der Waals surface area contributed by atoms with Crippen molar-refractivity contribution in [2.45, 2.75) is 5.75 Å². The highest BCUT2D eigenvalue weighted by molar-refractivity contribution is 7.83. The van der Waals surface area contributed by atoms with Crippen LogP contribution in [0.5, 0.6) is 0 Å². The highest BCUT2D eigenvalue weighted by atomic mass is 32.2. The Kier molecular flexibility index (Phi) is 2.59. The van der Waals surface area contributed by atoms with Crippen LogP contribution in [0.2, 0.25) is 0 Å². The third-order valence-electron chi connectivity index (χ3n) is 1.25. The maximum Gasteiger partial charge on any atom is 0.325 e. The van der Waals surface area contributed by atoms with E-state index in [-0.39, 0.29) is 5.75 Å². The summed E-state index contributed by atoms with van der Waals surface area (Å²) in [6.45, 7) is 0. The van der Waals surface area contributed by atoms with Crippen molar-refractivity contribution in [2.24, 2.45) is 0 Å². The largest absolute Gasteiger partial charge is 0.325 e. The summed E-state index contributed by atoms with van der Waals surface area (Å²) in [5.41, 5.74) is -0.699. The second-order valence-corrected chi connectivity index (χ2v) is 3.75. The second-order valence-electron chi connectivity index (χ2n) is 2.31. The molecule has 1 atom stereocenters. The van der Waals surface area contributed by atoms with Crippen molar-refractivity contribution >= 4 is 10.8 Å². The summed E-state index contributed by atoms with van der Waals surface area (Å²) in [5.74, 6) is 0.159. The van der Waals surface area contributed by atoms with Crippen LogP contribution in [0.15, 0.2) is 15.8 Å². The number of aromatic nitrogens is 2. The number of H-pyrrole nitrogens is 2. The molecule has 66 valence electrons. The van der Waals surface area contributed by atoms with Crippen LogP contribution in [0.25, 0.3) is 0 Å². The molecule has 0 spiro atoms. The number of aromatic amines is 2. The number of hydrogen-bond donors (Lipinski definition) is 2. The smallest absolute Gasteiger partial charge is 0.314 e. The molecular weight excluding hydrogens is 180 g/mol. The summed E-state index contributed by atoms with van der Waals surface area (Å²) in [4.78, 5) is 25.9. The van der Waals surface area contributed by atoms with Crippen LogP contribution in [0.3, 0.4) is 0 Å². The summed E-state index contributed by atoms with van der Waals surface area (Å²) in [5, 5.41) is 0. The van der Waals surface area contributed by atoms with E-state index in [4.69, 9.17) is 0 Å². The lowest BCUT2D eigenvalue weighted by Crippen LogP contribution is -2.25. The fraction of sp³-hybridized carbons (Fsp3) is 0.333. The molecule has 12 heavy (non-hydrogen) atoms. The standard InChI is InChI=1S/C6H8N2O3S/c1-12(11)3-4-2-7-6(10)8-5(4)9/h2H,3H2,1H3,(H2,7,8,9,10). The van der Waals surface area contributed by atoms with E-state index in [0.29, 0.717) is 5.56 Å². The van der Waals surface area contributed by atoms with Crippen molar-refractivity contribution in [3.63, 3.8) is 0 Å². The molecule has 2 N–H and O–H groups in total. The van der Waals surface area contributed by atoms with Gasteiger partial charge in [0, 0.05) is 28.8 Å². The number of nitrogens with one attached hydrogen (secondary N) is 2. The third-order valence-corrected chi connectivity index (χ3v) is 1.97. The van der Waals surface area contributed by atoms with Crippen molar-refractivity contribution in [3.8, 4) is 0 Å². The lowest BCUT2D eigenvalue weighted by atomic mass is 10.4. The first-order valence-corrected chi connectivity index (χ1v) is 4.93. The van der Waals surface area contributed by atoms with Crippen molar-refractivity contribution in [1.29, 1.82) is 0 Å². The molecule has 1 aromatic heterocycles. The Labute approximate surface area is 70.3 Å². The molecule has 0 amide bonds. The molecule has 0 aromatic carbocycles. The number of hydrogen-bond acceptors (Lipinski definition) is 3. The fourth-order valence-corrected chi connectivity index (χ4v) is 1.42. The first kappa shape index (κ1) is 8.92. The van der Waals surface area contributed by atoms with Crippen LogP contribution in [0, 0.1) is 0 Å². The molecule has 1 aromatic rings. The lowest BCUT2D eigenvalue weighted by molar-refractivity contribution is 0.686.